The van der Waals surface area contributed by atoms with Crippen molar-refractivity contribution in [1.29, 1.82) is 0 Å². The van der Waals surface area contributed by atoms with Crippen LogP contribution >= 0.6 is 35.6 Å². The van der Waals surface area contributed by atoms with E-state index in [1.807, 2.05) is 50.3 Å². The molecular formula is C18H14ClNOS2. The van der Waals surface area contributed by atoms with Crippen LogP contribution in [0.4, 0.5) is 5.69 Å². The Balaban J connectivity index is 1.97. The Hall–Kier alpha value is -1.62. The fourth-order valence-electron chi connectivity index (χ4n) is 2.36. The lowest BCUT2D eigenvalue weighted by molar-refractivity contribution is -0.113. The Morgan fingerprint density at radius 1 is 1.13 bits per heavy atom. The number of thioether (sulfide) groups is 1. The van der Waals surface area contributed by atoms with Crippen LogP contribution in [-0.4, -0.2) is 10.2 Å². The molecule has 0 saturated carbocycles. The van der Waals surface area contributed by atoms with Gasteiger partial charge in [-0.15, -0.1) is 0 Å². The lowest BCUT2D eigenvalue weighted by Gasteiger charge is -2.18. The molecule has 0 spiro atoms. The van der Waals surface area contributed by atoms with Crippen LogP contribution < -0.4 is 4.90 Å². The van der Waals surface area contributed by atoms with Gasteiger partial charge in [0, 0.05) is 5.02 Å². The van der Waals surface area contributed by atoms with Gasteiger partial charge < -0.3 is 0 Å². The van der Waals surface area contributed by atoms with Crippen LogP contribution in [0, 0.1) is 13.8 Å². The molecule has 23 heavy (non-hydrogen) atoms. The smallest absolute Gasteiger partial charge is 0.268 e. The van der Waals surface area contributed by atoms with Gasteiger partial charge >= 0.3 is 0 Å². The summed E-state index contributed by atoms with van der Waals surface area (Å²) in [6.07, 6.45) is 1.85. The molecule has 1 heterocycles. The number of anilines is 1. The van der Waals surface area contributed by atoms with E-state index in [9.17, 15) is 4.79 Å². The van der Waals surface area contributed by atoms with Crippen molar-refractivity contribution in [2.75, 3.05) is 4.90 Å². The van der Waals surface area contributed by atoms with E-state index in [4.69, 9.17) is 23.8 Å². The minimum atomic E-state index is -0.0800. The summed E-state index contributed by atoms with van der Waals surface area (Å²) < 4.78 is 0.559. The first-order chi connectivity index (χ1) is 11.0. The number of carbonyl (C=O) groups is 1. The molecule has 2 aromatic carbocycles. The first kappa shape index (κ1) is 16.2. The third-order valence-corrected chi connectivity index (χ3v) is 5.33. The van der Waals surface area contributed by atoms with Crippen LogP contribution in [0.15, 0.2) is 47.4 Å². The molecule has 0 aromatic heterocycles. The average molecular weight is 360 g/mol. The summed E-state index contributed by atoms with van der Waals surface area (Å²) in [6, 6.07) is 13.3. The molecule has 0 N–H and O–H groups in total. The number of rotatable bonds is 2. The van der Waals surface area contributed by atoms with Gasteiger partial charge in [-0.3, -0.25) is 9.69 Å². The molecule has 116 valence electrons. The summed E-state index contributed by atoms with van der Waals surface area (Å²) in [5.74, 6) is -0.0800. The van der Waals surface area contributed by atoms with Crippen molar-refractivity contribution in [3.05, 3.63) is 69.1 Å². The van der Waals surface area contributed by atoms with Crippen LogP contribution in [0.2, 0.25) is 5.02 Å². The molecule has 1 amide bonds. The minimum absolute atomic E-state index is 0.0800. The molecule has 1 saturated heterocycles. The highest BCUT2D eigenvalue weighted by molar-refractivity contribution is 8.27. The molecule has 0 atom stereocenters. The number of amides is 1. The summed E-state index contributed by atoms with van der Waals surface area (Å²) >= 11 is 12.6. The van der Waals surface area contributed by atoms with Gasteiger partial charge in [0.05, 0.1) is 10.6 Å². The zero-order chi connectivity index (χ0) is 16.6. The van der Waals surface area contributed by atoms with Gasteiger partial charge in [-0.1, -0.05) is 59.8 Å². The topological polar surface area (TPSA) is 20.3 Å². The summed E-state index contributed by atoms with van der Waals surface area (Å²) in [5, 5.41) is 0.671. The molecule has 0 unspecified atom stereocenters. The van der Waals surface area contributed by atoms with Crippen molar-refractivity contribution >= 4 is 57.6 Å². The summed E-state index contributed by atoms with van der Waals surface area (Å²) in [5.41, 5.74) is 3.98. The predicted octanol–water partition coefficient (Wildman–Crippen LogP) is 5.36. The van der Waals surface area contributed by atoms with E-state index in [0.29, 0.717) is 14.2 Å². The van der Waals surface area contributed by atoms with Gasteiger partial charge in [-0.25, -0.2) is 0 Å². The van der Waals surface area contributed by atoms with E-state index in [2.05, 4.69) is 0 Å². The molecular weight excluding hydrogens is 346 g/mol. The standard InChI is InChI=1S/C18H14ClNOS2/c1-11-4-3-5-15(12(11)2)20-17(21)16(23-18(20)22)10-13-6-8-14(19)9-7-13/h3-10H,1-2H3/b16-10+. The van der Waals surface area contributed by atoms with Crippen molar-refractivity contribution in [2.45, 2.75) is 13.8 Å². The highest BCUT2D eigenvalue weighted by atomic mass is 35.5. The Kier molecular flexibility index (Phi) is 4.57. The van der Waals surface area contributed by atoms with Gasteiger partial charge in [0.2, 0.25) is 0 Å². The summed E-state index contributed by atoms with van der Waals surface area (Å²) in [4.78, 5) is 15.0. The number of aryl methyl sites for hydroxylation is 1. The van der Waals surface area contributed by atoms with Gasteiger partial charge in [0.15, 0.2) is 4.32 Å². The fourth-order valence-corrected chi connectivity index (χ4v) is 3.77. The molecule has 1 fully saturated rings. The Morgan fingerprint density at radius 2 is 1.83 bits per heavy atom. The van der Waals surface area contributed by atoms with E-state index < -0.39 is 0 Å². The molecule has 3 rings (SSSR count). The number of hydrogen-bond acceptors (Lipinski definition) is 3. The lowest BCUT2D eigenvalue weighted by Crippen LogP contribution is -2.28. The molecule has 1 aliphatic heterocycles. The molecule has 1 aliphatic rings. The zero-order valence-electron chi connectivity index (χ0n) is 12.7. The molecule has 2 aromatic rings. The lowest BCUT2D eigenvalue weighted by atomic mass is 10.1. The van der Waals surface area contributed by atoms with Crippen LogP contribution in [-0.2, 0) is 4.79 Å². The fraction of sp³-hybridized carbons (Fsp3) is 0.111. The first-order valence-corrected chi connectivity index (χ1v) is 8.67. The van der Waals surface area contributed by atoms with E-state index in [0.717, 1.165) is 22.4 Å². The van der Waals surface area contributed by atoms with Crippen molar-refractivity contribution in [3.63, 3.8) is 0 Å². The molecule has 0 radical (unpaired) electrons. The maximum Gasteiger partial charge on any atom is 0.270 e. The number of carbonyl (C=O) groups excluding carboxylic acids is 1. The highest BCUT2D eigenvalue weighted by Gasteiger charge is 2.34. The van der Waals surface area contributed by atoms with E-state index in [1.165, 1.54) is 11.8 Å². The number of hydrogen-bond donors (Lipinski definition) is 0. The van der Waals surface area contributed by atoms with Gasteiger partial charge in [-0.2, -0.15) is 0 Å². The molecule has 0 aliphatic carbocycles. The Labute approximate surface area is 150 Å². The van der Waals surface area contributed by atoms with E-state index in [1.54, 1.807) is 17.0 Å². The SMILES string of the molecule is Cc1cccc(N2C(=O)/C(=C\c3ccc(Cl)cc3)SC2=S)c1C. The third-order valence-electron chi connectivity index (χ3n) is 3.78. The van der Waals surface area contributed by atoms with Gasteiger partial charge in [0.25, 0.3) is 5.91 Å². The zero-order valence-corrected chi connectivity index (χ0v) is 15.1. The van der Waals surface area contributed by atoms with E-state index >= 15 is 0 Å². The van der Waals surface area contributed by atoms with Crippen molar-refractivity contribution in [1.82, 2.24) is 0 Å². The Morgan fingerprint density at radius 3 is 2.52 bits per heavy atom. The van der Waals surface area contributed by atoms with Crippen LogP contribution in [0.1, 0.15) is 16.7 Å². The predicted molar refractivity (Wildman–Crippen MR) is 103 cm³/mol. The van der Waals surface area contributed by atoms with E-state index in [-0.39, 0.29) is 5.91 Å². The number of halogens is 1. The summed E-state index contributed by atoms with van der Waals surface area (Å²) in [7, 11) is 0. The first-order valence-electron chi connectivity index (χ1n) is 7.07. The largest absolute Gasteiger partial charge is 0.270 e. The average Bonchev–Trinajstić information content (AvgIpc) is 2.79. The second-order valence-electron chi connectivity index (χ2n) is 5.29. The minimum Gasteiger partial charge on any atom is -0.268 e. The second kappa shape index (κ2) is 6.48. The molecule has 2 nitrogen and oxygen atoms in total. The second-order valence-corrected chi connectivity index (χ2v) is 7.40. The maximum atomic E-state index is 12.8. The highest BCUT2D eigenvalue weighted by Crippen LogP contribution is 2.37. The van der Waals surface area contributed by atoms with Crippen LogP contribution in [0.25, 0.3) is 6.08 Å². The van der Waals surface area contributed by atoms with Crippen LogP contribution in [0.5, 0.6) is 0 Å². The quantitative estimate of drug-likeness (QED) is 0.531. The van der Waals surface area contributed by atoms with Gasteiger partial charge in [0.1, 0.15) is 0 Å². The molecule has 0 bridgehead atoms. The number of nitrogens with zero attached hydrogens (tertiary/aromatic N) is 1. The van der Waals surface area contributed by atoms with Crippen LogP contribution in [0.3, 0.4) is 0 Å². The maximum absolute atomic E-state index is 12.8. The molecule has 5 heteroatoms. The third kappa shape index (κ3) is 3.20. The Bertz CT molecular complexity index is 827. The number of thiocarbonyl (C=S) groups is 1. The van der Waals surface area contributed by atoms with Crippen molar-refractivity contribution in [2.24, 2.45) is 0 Å². The monoisotopic (exact) mass is 359 g/mol. The van der Waals surface area contributed by atoms with Crippen molar-refractivity contribution in [3.8, 4) is 0 Å². The summed E-state index contributed by atoms with van der Waals surface area (Å²) in [6.45, 7) is 4.03. The normalized spacial score (nSPS) is 16.5. The van der Waals surface area contributed by atoms with Crippen molar-refractivity contribution < 1.29 is 4.79 Å². The van der Waals surface area contributed by atoms with Gasteiger partial charge in [-0.05, 0) is 54.8 Å². The number of benzene rings is 2.